The van der Waals surface area contributed by atoms with Crippen molar-refractivity contribution in [1.82, 2.24) is 9.55 Å². The van der Waals surface area contributed by atoms with E-state index >= 15 is 0 Å². The number of hydrogen-bond acceptors (Lipinski definition) is 1. The highest BCUT2D eigenvalue weighted by Gasteiger charge is 2.35. The van der Waals surface area contributed by atoms with E-state index in [4.69, 9.17) is 0 Å². The van der Waals surface area contributed by atoms with Crippen LogP contribution >= 0.6 is 15.9 Å². The third-order valence-corrected chi connectivity index (χ3v) is 3.59. The largest absolute Gasteiger partial charge is 0.434 e. The van der Waals surface area contributed by atoms with Gasteiger partial charge in [0, 0.05) is 23.1 Å². The molecule has 0 saturated heterocycles. The Bertz CT molecular complexity index is 585. The van der Waals surface area contributed by atoms with Crippen molar-refractivity contribution in [2.24, 2.45) is 0 Å². The van der Waals surface area contributed by atoms with Crippen LogP contribution in [0.25, 0.3) is 11.4 Å². The van der Waals surface area contributed by atoms with Crippen LogP contribution in [0, 0.1) is 0 Å². The van der Waals surface area contributed by atoms with Crippen molar-refractivity contribution in [2.75, 3.05) is 0 Å². The number of alkyl halides is 4. The highest BCUT2D eigenvalue weighted by atomic mass is 79.9. The molecule has 0 N–H and O–H groups in total. The van der Waals surface area contributed by atoms with Gasteiger partial charge in [-0.25, -0.2) is 4.98 Å². The monoisotopic (exact) mass is 346 g/mol. The average molecular weight is 347 g/mol. The van der Waals surface area contributed by atoms with Crippen LogP contribution in [0.5, 0.6) is 0 Å². The van der Waals surface area contributed by atoms with Crippen LogP contribution in [-0.2, 0) is 11.5 Å². The van der Waals surface area contributed by atoms with Gasteiger partial charge in [0.05, 0.1) is 0 Å². The first-order valence-corrected chi connectivity index (χ1v) is 7.26. The minimum Gasteiger partial charge on any atom is -0.328 e. The molecular formula is C14H14BrF3N2. The maximum atomic E-state index is 12.8. The standard InChI is InChI=1S/C14H14BrF3N2/c1-9(2)20-8-12(14(16,17)18)19-13(20)11-5-3-10(7-15)4-6-11/h3-6,8-9H,7H2,1-2H3. The summed E-state index contributed by atoms with van der Waals surface area (Å²) in [6.07, 6.45) is -3.36. The quantitative estimate of drug-likeness (QED) is 0.711. The Morgan fingerprint density at radius 1 is 1.20 bits per heavy atom. The molecule has 0 spiro atoms. The number of nitrogens with zero attached hydrogens (tertiary/aromatic N) is 2. The first-order valence-electron chi connectivity index (χ1n) is 6.14. The van der Waals surface area contributed by atoms with Crippen LogP contribution in [0.2, 0.25) is 0 Å². The molecule has 0 fully saturated rings. The molecule has 0 atom stereocenters. The molecular weight excluding hydrogens is 333 g/mol. The molecule has 0 aliphatic heterocycles. The Morgan fingerprint density at radius 3 is 2.25 bits per heavy atom. The lowest BCUT2D eigenvalue weighted by molar-refractivity contribution is -0.140. The maximum Gasteiger partial charge on any atom is 0.434 e. The van der Waals surface area contributed by atoms with Crippen LogP contribution in [0.15, 0.2) is 30.5 Å². The fourth-order valence-corrected chi connectivity index (χ4v) is 2.25. The Labute approximate surface area is 123 Å². The number of imidazole rings is 1. The lowest BCUT2D eigenvalue weighted by atomic mass is 10.1. The first-order chi connectivity index (χ1) is 9.32. The summed E-state index contributed by atoms with van der Waals surface area (Å²) in [6.45, 7) is 3.66. The number of halogens is 4. The smallest absolute Gasteiger partial charge is 0.328 e. The van der Waals surface area contributed by atoms with Gasteiger partial charge < -0.3 is 4.57 Å². The molecule has 108 valence electrons. The highest BCUT2D eigenvalue weighted by molar-refractivity contribution is 9.08. The van der Waals surface area contributed by atoms with Gasteiger partial charge in [-0.15, -0.1) is 0 Å². The zero-order valence-corrected chi connectivity index (χ0v) is 12.7. The third-order valence-electron chi connectivity index (χ3n) is 2.95. The van der Waals surface area contributed by atoms with E-state index in [1.54, 1.807) is 16.7 Å². The molecule has 1 heterocycles. The van der Waals surface area contributed by atoms with Crippen molar-refractivity contribution in [3.05, 3.63) is 41.7 Å². The van der Waals surface area contributed by atoms with E-state index in [1.165, 1.54) is 0 Å². The molecule has 6 heteroatoms. The summed E-state index contributed by atoms with van der Waals surface area (Å²) in [4.78, 5) is 3.75. The van der Waals surface area contributed by atoms with E-state index < -0.39 is 11.9 Å². The highest BCUT2D eigenvalue weighted by Crippen LogP contribution is 2.32. The lowest BCUT2D eigenvalue weighted by Crippen LogP contribution is -2.05. The van der Waals surface area contributed by atoms with Crippen LogP contribution in [0.3, 0.4) is 0 Å². The van der Waals surface area contributed by atoms with E-state index in [0.29, 0.717) is 16.7 Å². The molecule has 0 amide bonds. The fraction of sp³-hybridized carbons (Fsp3) is 0.357. The predicted octanol–water partition coefficient (Wildman–Crippen LogP) is 5.04. The minimum atomic E-state index is -4.43. The summed E-state index contributed by atoms with van der Waals surface area (Å²) in [6, 6.07) is 7.23. The van der Waals surface area contributed by atoms with E-state index in [9.17, 15) is 13.2 Å². The molecule has 1 aromatic heterocycles. The molecule has 1 aromatic carbocycles. The average Bonchev–Trinajstić information content (AvgIpc) is 2.84. The zero-order chi connectivity index (χ0) is 14.9. The number of hydrogen-bond donors (Lipinski definition) is 0. The van der Waals surface area contributed by atoms with E-state index in [1.807, 2.05) is 26.0 Å². The van der Waals surface area contributed by atoms with E-state index in [-0.39, 0.29) is 6.04 Å². The van der Waals surface area contributed by atoms with Gasteiger partial charge >= 0.3 is 6.18 Å². The van der Waals surface area contributed by atoms with Crippen LogP contribution < -0.4 is 0 Å². The van der Waals surface area contributed by atoms with Crippen molar-refractivity contribution in [2.45, 2.75) is 31.4 Å². The Morgan fingerprint density at radius 2 is 1.80 bits per heavy atom. The van der Waals surface area contributed by atoms with Gasteiger partial charge in [-0.2, -0.15) is 13.2 Å². The van der Waals surface area contributed by atoms with Crippen molar-refractivity contribution in [3.63, 3.8) is 0 Å². The maximum absolute atomic E-state index is 12.8. The Balaban J connectivity index is 2.50. The summed E-state index contributed by atoms with van der Waals surface area (Å²) in [7, 11) is 0. The van der Waals surface area contributed by atoms with Gasteiger partial charge in [-0.3, -0.25) is 0 Å². The molecule has 2 nitrogen and oxygen atoms in total. The van der Waals surface area contributed by atoms with E-state index in [2.05, 4.69) is 20.9 Å². The molecule has 2 aromatic rings. The third kappa shape index (κ3) is 3.06. The Kier molecular flexibility index (Phi) is 4.22. The van der Waals surface area contributed by atoms with Gasteiger partial charge in [0.25, 0.3) is 0 Å². The summed E-state index contributed by atoms with van der Waals surface area (Å²) in [5, 5.41) is 0.708. The molecule has 2 rings (SSSR count). The lowest BCUT2D eigenvalue weighted by Gasteiger charge is -2.11. The molecule has 0 aliphatic carbocycles. The molecule has 0 radical (unpaired) electrons. The van der Waals surface area contributed by atoms with Crippen molar-refractivity contribution >= 4 is 15.9 Å². The van der Waals surface area contributed by atoms with Gasteiger partial charge in [-0.05, 0) is 19.4 Å². The first kappa shape index (κ1) is 15.1. The Hall–Kier alpha value is -1.30. The number of benzene rings is 1. The van der Waals surface area contributed by atoms with Crippen molar-refractivity contribution in [3.8, 4) is 11.4 Å². The van der Waals surface area contributed by atoms with Crippen molar-refractivity contribution < 1.29 is 13.2 Å². The number of rotatable bonds is 3. The minimum absolute atomic E-state index is 0.0931. The van der Waals surface area contributed by atoms with Gasteiger partial charge in [-0.1, -0.05) is 40.2 Å². The summed E-state index contributed by atoms with van der Waals surface area (Å²) < 4.78 is 39.9. The second-order valence-corrected chi connectivity index (χ2v) is 5.34. The van der Waals surface area contributed by atoms with Gasteiger partial charge in [0.15, 0.2) is 5.69 Å². The molecule has 20 heavy (non-hydrogen) atoms. The zero-order valence-electron chi connectivity index (χ0n) is 11.1. The predicted molar refractivity (Wildman–Crippen MR) is 75.7 cm³/mol. The summed E-state index contributed by atoms with van der Waals surface area (Å²) >= 11 is 3.34. The summed E-state index contributed by atoms with van der Waals surface area (Å²) in [5.41, 5.74) is 0.886. The normalized spacial score (nSPS) is 12.2. The fourth-order valence-electron chi connectivity index (χ4n) is 1.88. The summed E-state index contributed by atoms with van der Waals surface area (Å²) in [5.74, 6) is 0.341. The topological polar surface area (TPSA) is 17.8 Å². The van der Waals surface area contributed by atoms with E-state index in [0.717, 1.165) is 11.8 Å². The van der Waals surface area contributed by atoms with Crippen molar-refractivity contribution in [1.29, 1.82) is 0 Å². The van der Waals surface area contributed by atoms with Crippen LogP contribution in [0.1, 0.15) is 31.1 Å². The number of aromatic nitrogens is 2. The molecule has 0 saturated carbocycles. The second-order valence-electron chi connectivity index (χ2n) is 4.78. The van der Waals surface area contributed by atoms with Gasteiger partial charge in [0.1, 0.15) is 5.82 Å². The molecule has 0 aliphatic rings. The van der Waals surface area contributed by atoms with Crippen LogP contribution in [-0.4, -0.2) is 9.55 Å². The molecule has 0 unspecified atom stereocenters. The second kappa shape index (κ2) is 5.60. The SMILES string of the molecule is CC(C)n1cc(C(F)(F)F)nc1-c1ccc(CBr)cc1. The molecule has 0 bridgehead atoms. The van der Waals surface area contributed by atoms with Gasteiger partial charge in [0.2, 0.25) is 0 Å². The van der Waals surface area contributed by atoms with Crippen LogP contribution in [0.4, 0.5) is 13.2 Å².